The van der Waals surface area contributed by atoms with Gasteiger partial charge >= 0.3 is 0 Å². The van der Waals surface area contributed by atoms with Crippen LogP contribution >= 0.6 is 0 Å². The molecular weight excluding hydrogens is 317 g/mol. The maximum atomic E-state index is 13.3. The molecule has 3 aromatic rings. The number of halogens is 1. The summed E-state index contributed by atoms with van der Waals surface area (Å²) in [6.07, 6.45) is -0.812. The van der Waals surface area contributed by atoms with Crippen LogP contribution in [0.5, 0.6) is 5.75 Å². The van der Waals surface area contributed by atoms with Gasteiger partial charge in [0.05, 0.1) is 0 Å². The minimum atomic E-state index is -0.812. The molecule has 4 heteroatoms. The van der Waals surface area contributed by atoms with Gasteiger partial charge in [0.2, 0.25) is 6.10 Å². The van der Waals surface area contributed by atoms with E-state index in [2.05, 4.69) is 5.32 Å². The number of carbonyl (C=O) groups excluding carboxylic acids is 1. The molecule has 1 atom stereocenters. The van der Waals surface area contributed by atoms with Crippen molar-refractivity contribution >= 4 is 11.6 Å². The summed E-state index contributed by atoms with van der Waals surface area (Å²) < 4.78 is 19.2. The van der Waals surface area contributed by atoms with Crippen molar-refractivity contribution in [2.24, 2.45) is 0 Å². The Bertz CT molecular complexity index is 850. The van der Waals surface area contributed by atoms with Crippen LogP contribution in [0.4, 0.5) is 10.1 Å². The number of nitrogens with one attached hydrogen (secondary N) is 1. The average Bonchev–Trinajstić information content (AvgIpc) is 2.63. The monoisotopic (exact) mass is 335 g/mol. The molecule has 126 valence electrons. The van der Waals surface area contributed by atoms with E-state index in [1.54, 1.807) is 25.1 Å². The second-order valence-electron chi connectivity index (χ2n) is 5.67. The SMILES string of the molecule is Cc1cc(F)ccc1NC(=O)C(Oc1ccccc1)c1ccccc1. The molecule has 3 nitrogen and oxygen atoms in total. The van der Waals surface area contributed by atoms with Gasteiger partial charge in [0, 0.05) is 11.3 Å². The molecule has 0 heterocycles. The number of anilines is 1. The average molecular weight is 335 g/mol. The molecule has 1 amide bonds. The minimum absolute atomic E-state index is 0.315. The predicted octanol–water partition coefficient (Wildman–Crippen LogP) is 4.89. The van der Waals surface area contributed by atoms with Gasteiger partial charge in [-0.2, -0.15) is 0 Å². The fourth-order valence-electron chi connectivity index (χ4n) is 2.50. The first kappa shape index (κ1) is 16.7. The summed E-state index contributed by atoms with van der Waals surface area (Å²) >= 11 is 0. The van der Waals surface area contributed by atoms with E-state index in [9.17, 15) is 9.18 Å². The topological polar surface area (TPSA) is 38.3 Å². The Morgan fingerprint density at radius 1 is 0.960 bits per heavy atom. The van der Waals surface area contributed by atoms with Gasteiger partial charge in [-0.25, -0.2) is 4.39 Å². The van der Waals surface area contributed by atoms with Gasteiger partial charge in [-0.15, -0.1) is 0 Å². The molecular formula is C21H18FNO2. The van der Waals surface area contributed by atoms with E-state index in [4.69, 9.17) is 4.74 Å². The highest BCUT2D eigenvalue weighted by Gasteiger charge is 2.23. The van der Waals surface area contributed by atoms with Crippen molar-refractivity contribution < 1.29 is 13.9 Å². The standard InChI is InChI=1S/C21H18FNO2/c1-15-14-17(22)12-13-19(15)23-21(24)20(16-8-4-2-5-9-16)25-18-10-6-3-7-11-18/h2-14,20H,1H3,(H,23,24). The van der Waals surface area contributed by atoms with Crippen LogP contribution in [0.3, 0.4) is 0 Å². The van der Waals surface area contributed by atoms with Crippen molar-refractivity contribution in [2.45, 2.75) is 13.0 Å². The number of aryl methyl sites for hydroxylation is 1. The van der Waals surface area contributed by atoms with E-state index < -0.39 is 6.10 Å². The molecule has 1 N–H and O–H groups in total. The summed E-state index contributed by atoms with van der Waals surface area (Å²) in [6.45, 7) is 1.74. The molecule has 0 radical (unpaired) electrons. The van der Waals surface area contributed by atoms with E-state index in [0.29, 0.717) is 17.0 Å². The van der Waals surface area contributed by atoms with Crippen molar-refractivity contribution in [1.29, 1.82) is 0 Å². The summed E-state index contributed by atoms with van der Waals surface area (Å²) in [5.74, 6) is -0.0530. The van der Waals surface area contributed by atoms with Gasteiger partial charge in [-0.1, -0.05) is 48.5 Å². The second-order valence-corrected chi connectivity index (χ2v) is 5.67. The van der Waals surface area contributed by atoms with Gasteiger partial charge in [-0.05, 0) is 42.8 Å². The lowest BCUT2D eigenvalue weighted by molar-refractivity contribution is -0.123. The van der Waals surface area contributed by atoms with E-state index >= 15 is 0 Å². The lowest BCUT2D eigenvalue weighted by atomic mass is 10.1. The molecule has 0 bridgehead atoms. The molecule has 0 saturated carbocycles. The van der Waals surface area contributed by atoms with E-state index in [1.165, 1.54) is 12.1 Å². The Balaban J connectivity index is 1.87. The molecule has 0 aliphatic heterocycles. The third kappa shape index (κ3) is 4.23. The molecule has 25 heavy (non-hydrogen) atoms. The van der Waals surface area contributed by atoms with Gasteiger partial charge in [0.1, 0.15) is 11.6 Å². The van der Waals surface area contributed by atoms with E-state index in [-0.39, 0.29) is 11.7 Å². The Morgan fingerprint density at radius 2 is 1.60 bits per heavy atom. The van der Waals surface area contributed by atoms with Crippen LogP contribution in [-0.2, 0) is 4.79 Å². The lowest BCUT2D eigenvalue weighted by Gasteiger charge is -2.20. The third-order valence-corrected chi connectivity index (χ3v) is 3.78. The third-order valence-electron chi connectivity index (χ3n) is 3.78. The minimum Gasteiger partial charge on any atom is -0.476 e. The number of para-hydroxylation sites is 1. The maximum Gasteiger partial charge on any atom is 0.270 e. The van der Waals surface area contributed by atoms with Crippen LogP contribution in [0.25, 0.3) is 0 Å². The van der Waals surface area contributed by atoms with Crippen LogP contribution < -0.4 is 10.1 Å². The predicted molar refractivity (Wildman–Crippen MR) is 96.0 cm³/mol. The Morgan fingerprint density at radius 3 is 2.24 bits per heavy atom. The first-order valence-corrected chi connectivity index (χ1v) is 7.97. The van der Waals surface area contributed by atoms with Crippen LogP contribution in [0.1, 0.15) is 17.2 Å². The molecule has 0 fully saturated rings. The van der Waals surface area contributed by atoms with Crippen molar-refractivity contribution in [3.8, 4) is 5.75 Å². The van der Waals surface area contributed by atoms with Crippen molar-refractivity contribution in [3.63, 3.8) is 0 Å². The summed E-state index contributed by atoms with van der Waals surface area (Å²) in [5.41, 5.74) is 1.95. The molecule has 0 aliphatic rings. The normalized spacial score (nSPS) is 11.6. The van der Waals surface area contributed by atoms with Gasteiger partial charge < -0.3 is 10.1 Å². The fourth-order valence-corrected chi connectivity index (χ4v) is 2.50. The number of hydrogen-bond acceptors (Lipinski definition) is 2. The smallest absolute Gasteiger partial charge is 0.270 e. The number of amides is 1. The van der Waals surface area contributed by atoms with Crippen molar-refractivity contribution in [1.82, 2.24) is 0 Å². The summed E-state index contributed by atoms with van der Waals surface area (Å²) in [7, 11) is 0. The molecule has 3 rings (SSSR count). The number of hydrogen-bond donors (Lipinski definition) is 1. The van der Waals surface area contributed by atoms with Gasteiger partial charge in [0.15, 0.2) is 0 Å². The first-order chi connectivity index (χ1) is 12.1. The van der Waals surface area contributed by atoms with Crippen LogP contribution in [-0.4, -0.2) is 5.91 Å². The lowest BCUT2D eigenvalue weighted by Crippen LogP contribution is -2.26. The quantitative estimate of drug-likeness (QED) is 0.721. The zero-order chi connectivity index (χ0) is 17.6. The molecule has 0 aliphatic carbocycles. The molecule has 1 unspecified atom stereocenters. The zero-order valence-corrected chi connectivity index (χ0v) is 13.8. The zero-order valence-electron chi connectivity index (χ0n) is 13.8. The molecule has 0 aromatic heterocycles. The second kappa shape index (κ2) is 7.62. The highest BCUT2D eigenvalue weighted by Crippen LogP contribution is 2.24. The largest absolute Gasteiger partial charge is 0.476 e. The Labute approximate surface area is 146 Å². The van der Waals surface area contributed by atoms with Gasteiger partial charge in [-0.3, -0.25) is 4.79 Å². The van der Waals surface area contributed by atoms with E-state index in [1.807, 2.05) is 48.5 Å². The van der Waals surface area contributed by atoms with Crippen LogP contribution in [0.2, 0.25) is 0 Å². The Kier molecular flexibility index (Phi) is 5.09. The van der Waals surface area contributed by atoms with Crippen LogP contribution in [0, 0.1) is 12.7 Å². The summed E-state index contributed by atoms with van der Waals surface area (Å²) in [5, 5.41) is 2.83. The van der Waals surface area contributed by atoms with Gasteiger partial charge in [0.25, 0.3) is 5.91 Å². The molecule has 0 spiro atoms. The van der Waals surface area contributed by atoms with E-state index in [0.717, 1.165) is 5.56 Å². The van der Waals surface area contributed by atoms with Crippen molar-refractivity contribution in [2.75, 3.05) is 5.32 Å². The summed E-state index contributed by atoms with van der Waals surface area (Å²) in [6, 6.07) is 22.7. The maximum absolute atomic E-state index is 13.3. The van der Waals surface area contributed by atoms with Crippen molar-refractivity contribution in [3.05, 3.63) is 95.8 Å². The summed E-state index contributed by atoms with van der Waals surface area (Å²) in [4.78, 5) is 12.8. The first-order valence-electron chi connectivity index (χ1n) is 7.97. The molecule has 3 aromatic carbocycles. The fraction of sp³-hybridized carbons (Fsp3) is 0.0952. The number of benzene rings is 3. The van der Waals surface area contributed by atoms with Crippen LogP contribution in [0.15, 0.2) is 78.9 Å². The molecule has 0 saturated heterocycles. The number of carbonyl (C=O) groups is 1. The number of ether oxygens (including phenoxy) is 1. The Hall–Kier alpha value is -3.14. The highest BCUT2D eigenvalue weighted by molar-refractivity contribution is 5.95. The highest BCUT2D eigenvalue weighted by atomic mass is 19.1. The number of rotatable bonds is 5.